The van der Waals surface area contributed by atoms with Gasteiger partial charge >= 0.3 is 0 Å². The number of aromatic nitrogens is 2. The van der Waals surface area contributed by atoms with Gasteiger partial charge < -0.3 is 28.7 Å². The number of para-hydroxylation sites is 10. The van der Waals surface area contributed by atoms with Crippen LogP contribution in [0.3, 0.4) is 0 Å². The van der Waals surface area contributed by atoms with Crippen molar-refractivity contribution in [1.29, 1.82) is 0 Å². The Bertz CT molecular complexity index is 5110. The Kier molecular flexibility index (Phi) is 8.94. The van der Waals surface area contributed by atoms with Crippen LogP contribution < -0.4 is 68.8 Å². The molecule has 6 aliphatic heterocycles. The molecule has 0 aliphatic carbocycles. The number of fused-ring (bicyclic) bond motifs is 18. The van der Waals surface area contributed by atoms with Gasteiger partial charge in [-0.05, 0) is 146 Å². The van der Waals surface area contributed by atoms with E-state index < -0.39 is 0 Å². The fourth-order valence-corrected chi connectivity index (χ4v) is 17.1. The fraction of sp³-hybridized carbons (Fsp3) is 0. The number of rotatable bonds is 4. The van der Waals surface area contributed by atoms with Crippen molar-refractivity contribution >= 4 is 181 Å². The average Bonchev–Trinajstić information content (AvgIpc) is 1.31. The zero-order valence-electron chi connectivity index (χ0n) is 47.1. The molecule has 9 heteroatoms. The Hall–Kier alpha value is -11.1. The summed E-state index contributed by atoms with van der Waals surface area (Å²) in [6.07, 6.45) is 0. The summed E-state index contributed by atoms with van der Waals surface area (Å²) in [7, 11) is 0. The Balaban J connectivity index is 0.879. The van der Waals surface area contributed by atoms with E-state index in [1.54, 1.807) is 0 Å². The maximum atomic E-state index is 2.70. The van der Waals surface area contributed by atoms with Gasteiger partial charge in [-0.25, -0.2) is 0 Å². The summed E-state index contributed by atoms with van der Waals surface area (Å²) in [5, 5.41) is 4.98. The van der Waals surface area contributed by atoms with E-state index in [1.807, 2.05) is 0 Å². The monoisotopic (exact) mass is 1100 g/mol. The third-order valence-electron chi connectivity index (χ3n) is 20.2. The Morgan fingerprint density at radius 3 is 0.862 bits per heavy atom. The van der Waals surface area contributed by atoms with Crippen molar-refractivity contribution in [1.82, 2.24) is 9.13 Å². The van der Waals surface area contributed by atoms with Gasteiger partial charge in [-0.2, -0.15) is 0 Å². The predicted molar refractivity (Wildman–Crippen MR) is 368 cm³/mol. The lowest BCUT2D eigenvalue weighted by Gasteiger charge is -2.51. The van der Waals surface area contributed by atoms with Crippen LogP contribution in [0.4, 0.5) is 68.2 Å². The number of hydrogen-bond donors (Lipinski definition) is 0. The first-order chi connectivity index (χ1) is 43.2. The molecule has 0 saturated heterocycles. The van der Waals surface area contributed by atoms with Crippen LogP contribution in [0.5, 0.6) is 0 Å². The van der Waals surface area contributed by atoms with Gasteiger partial charge in [-0.1, -0.05) is 188 Å². The van der Waals surface area contributed by atoms with Crippen LogP contribution in [0.15, 0.2) is 285 Å². The summed E-state index contributed by atoms with van der Waals surface area (Å²) in [6.45, 7) is -0.124. The van der Waals surface area contributed by atoms with Gasteiger partial charge in [0.05, 0.1) is 33.4 Å². The highest BCUT2D eigenvalue weighted by atomic mass is 15.2. The lowest BCUT2D eigenvalue weighted by molar-refractivity contribution is 1.16. The van der Waals surface area contributed by atoms with E-state index in [0.717, 1.165) is 22.7 Å². The molecule has 0 spiro atoms. The van der Waals surface area contributed by atoms with Crippen molar-refractivity contribution in [2.24, 2.45) is 0 Å². The summed E-state index contributed by atoms with van der Waals surface area (Å²) in [6, 6.07) is 108. The second-order valence-corrected chi connectivity index (χ2v) is 24.2. The Morgan fingerprint density at radius 1 is 0.195 bits per heavy atom. The molecule has 0 unspecified atom stereocenters. The first kappa shape index (κ1) is 46.3. The summed E-state index contributed by atoms with van der Waals surface area (Å²) in [5.41, 5.74) is 33.4. The number of hydrogen-bond acceptors (Lipinski definition) is 4. The molecule has 21 rings (SSSR count). The van der Waals surface area contributed by atoms with E-state index in [2.05, 4.69) is 314 Å². The molecular formula is C78H47B3N6. The van der Waals surface area contributed by atoms with Crippen LogP contribution in [0, 0.1) is 0 Å². The van der Waals surface area contributed by atoms with E-state index in [1.165, 1.54) is 150 Å². The first-order valence-corrected chi connectivity index (χ1v) is 30.4. The Labute approximate surface area is 503 Å². The number of nitrogens with zero attached hydrogens (tertiary/aromatic N) is 6. The van der Waals surface area contributed by atoms with Crippen molar-refractivity contribution in [2.45, 2.75) is 0 Å². The van der Waals surface area contributed by atoms with Crippen molar-refractivity contribution < 1.29 is 0 Å². The maximum absolute atomic E-state index is 2.70. The fourth-order valence-electron chi connectivity index (χ4n) is 17.1. The maximum Gasteiger partial charge on any atom is 0.252 e. The summed E-state index contributed by atoms with van der Waals surface area (Å²) < 4.78 is 5.03. The molecule has 0 atom stereocenters. The standard InChI is InChI=1S/C78H47B3N6/c1-3-22-48(23-4-1)82-66-40-17-11-30-56(66)79-58-32-19-34-60-77(58)86(72-46-50(44-70(82)75(72)79)84-62-36-13-7-26-52(62)53-27-8-14-37-63(53)84)68-42-21-43-69-74(68)81(60)61-35-20-33-59-78(61)87(69)73-47-51(85-64-38-15-9-28-54(64)55-29-10-16-39-65(55)85)45-71-76(73)80(59)57-31-12-18-41-67(57)83(71)49-24-5-2-6-25-49/h1-47H. The lowest BCUT2D eigenvalue weighted by Crippen LogP contribution is -2.70. The highest BCUT2D eigenvalue weighted by Crippen LogP contribution is 2.51. The molecule has 398 valence electrons. The molecule has 0 amide bonds. The molecule has 6 nitrogen and oxygen atoms in total. The van der Waals surface area contributed by atoms with Crippen molar-refractivity contribution in [3.05, 3.63) is 285 Å². The molecular weight excluding hydrogens is 1050 g/mol. The van der Waals surface area contributed by atoms with Gasteiger partial charge in [0.25, 0.3) is 20.1 Å². The normalized spacial score (nSPS) is 14.0. The third-order valence-corrected chi connectivity index (χ3v) is 20.2. The average molecular weight is 1100 g/mol. The van der Waals surface area contributed by atoms with Crippen molar-refractivity contribution in [3.8, 4) is 11.4 Å². The van der Waals surface area contributed by atoms with Crippen LogP contribution in [-0.2, 0) is 0 Å². The van der Waals surface area contributed by atoms with Crippen LogP contribution in [-0.4, -0.2) is 29.3 Å². The smallest absolute Gasteiger partial charge is 0.252 e. The highest BCUT2D eigenvalue weighted by Gasteiger charge is 2.53. The predicted octanol–water partition coefficient (Wildman–Crippen LogP) is 13.2. The van der Waals surface area contributed by atoms with Crippen LogP contribution in [0.25, 0.3) is 55.0 Å². The minimum absolute atomic E-state index is 0.0325. The molecule has 8 heterocycles. The van der Waals surface area contributed by atoms with Gasteiger partial charge in [-0.3, -0.25) is 0 Å². The van der Waals surface area contributed by atoms with Crippen LogP contribution >= 0.6 is 0 Å². The highest BCUT2D eigenvalue weighted by molar-refractivity contribution is 7.06. The second-order valence-electron chi connectivity index (χ2n) is 24.2. The van der Waals surface area contributed by atoms with E-state index in [4.69, 9.17) is 0 Å². The molecule has 0 fully saturated rings. The summed E-state index contributed by atoms with van der Waals surface area (Å²) in [5.74, 6) is 0. The minimum atomic E-state index is -0.0593. The molecule has 0 radical (unpaired) electrons. The zero-order chi connectivity index (χ0) is 56.3. The van der Waals surface area contributed by atoms with Gasteiger partial charge in [0.15, 0.2) is 0 Å². The largest absolute Gasteiger partial charge is 0.312 e. The van der Waals surface area contributed by atoms with E-state index in [9.17, 15) is 0 Å². The molecule has 0 saturated carbocycles. The summed E-state index contributed by atoms with van der Waals surface area (Å²) in [4.78, 5) is 10.5. The Morgan fingerprint density at radius 2 is 0.471 bits per heavy atom. The first-order valence-electron chi connectivity index (χ1n) is 30.4. The molecule has 87 heavy (non-hydrogen) atoms. The van der Waals surface area contributed by atoms with Crippen LogP contribution in [0.2, 0.25) is 0 Å². The van der Waals surface area contributed by atoms with E-state index in [0.29, 0.717) is 0 Å². The summed E-state index contributed by atoms with van der Waals surface area (Å²) >= 11 is 0. The van der Waals surface area contributed by atoms with Gasteiger partial charge in [0.2, 0.25) is 0 Å². The third kappa shape index (κ3) is 5.84. The molecule has 15 aromatic rings. The van der Waals surface area contributed by atoms with E-state index in [-0.39, 0.29) is 20.1 Å². The van der Waals surface area contributed by atoms with Gasteiger partial charge in [0, 0.05) is 89.8 Å². The lowest BCUT2D eigenvalue weighted by atomic mass is 9.27. The molecule has 0 bridgehead atoms. The number of anilines is 12. The zero-order valence-corrected chi connectivity index (χ0v) is 47.1. The molecule has 0 N–H and O–H groups in total. The molecule has 2 aromatic heterocycles. The number of benzene rings is 13. The van der Waals surface area contributed by atoms with Gasteiger partial charge in [-0.15, -0.1) is 0 Å². The van der Waals surface area contributed by atoms with Crippen molar-refractivity contribution in [2.75, 3.05) is 19.6 Å². The second kappa shape index (κ2) is 16.8. The topological polar surface area (TPSA) is 22.8 Å². The van der Waals surface area contributed by atoms with Crippen molar-refractivity contribution in [3.63, 3.8) is 0 Å². The van der Waals surface area contributed by atoms with Crippen LogP contribution in [0.1, 0.15) is 0 Å². The minimum Gasteiger partial charge on any atom is -0.312 e. The van der Waals surface area contributed by atoms with E-state index >= 15 is 0 Å². The van der Waals surface area contributed by atoms with Gasteiger partial charge in [0.1, 0.15) is 0 Å². The molecule has 13 aromatic carbocycles. The quantitative estimate of drug-likeness (QED) is 0.164. The SMILES string of the molecule is c1ccc(N2c3ccccc3B3c4cccc5c4N(c4cc(-n6c7ccccc7c7ccccc76)cc2c43)c2cccc3c2B5c2cccc4c2N3c2cc(-n3c5ccccc5c5ccccc53)cc3c2B4c2ccccc2N3c2ccccc2)cc1. The molecule has 6 aliphatic rings.